The van der Waals surface area contributed by atoms with Crippen LogP contribution in [0.1, 0.15) is 24.7 Å². The van der Waals surface area contributed by atoms with E-state index in [9.17, 15) is 19.7 Å². The van der Waals surface area contributed by atoms with Crippen molar-refractivity contribution in [2.24, 2.45) is 0 Å². The average Bonchev–Trinajstić information content (AvgIpc) is 2.63. The quantitative estimate of drug-likeness (QED) is 0.463. The summed E-state index contributed by atoms with van der Waals surface area (Å²) < 4.78 is 5.77. The molecule has 1 rings (SSSR count). The van der Waals surface area contributed by atoms with E-state index in [1.807, 2.05) is 0 Å². The van der Waals surface area contributed by atoms with Crippen molar-refractivity contribution in [3.05, 3.63) is 21.5 Å². The van der Waals surface area contributed by atoms with E-state index in [0.29, 0.717) is 5.69 Å². The monoisotopic (exact) mass is 298 g/mol. The van der Waals surface area contributed by atoms with E-state index in [0.717, 1.165) is 0 Å². The molecule has 0 saturated heterocycles. The Hall–Kier alpha value is -2.45. The Labute approximate surface area is 121 Å². The molecule has 0 spiro atoms. The molecule has 1 amide bonds. The molecule has 21 heavy (non-hydrogen) atoms. The van der Waals surface area contributed by atoms with Gasteiger partial charge in [-0.1, -0.05) is 0 Å². The molecule has 0 aliphatic rings. The summed E-state index contributed by atoms with van der Waals surface area (Å²) >= 11 is 0. The Bertz CT molecular complexity index is 566. The Kier molecular flexibility index (Phi) is 5.39. The van der Waals surface area contributed by atoms with Gasteiger partial charge in [0.05, 0.1) is 18.5 Å². The third kappa shape index (κ3) is 4.26. The number of hydrogen-bond acceptors (Lipinski definition) is 6. The number of nitro groups is 1. The van der Waals surface area contributed by atoms with Crippen molar-refractivity contribution < 1.29 is 19.2 Å². The van der Waals surface area contributed by atoms with Crippen LogP contribution in [0, 0.1) is 24.0 Å². The normalized spacial score (nSPS) is 11.8. The second kappa shape index (κ2) is 6.82. The third-order valence-corrected chi connectivity index (χ3v) is 2.93. The fourth-order valence-corrected chi connectivity index (χ4v) is 1.95. The smallest absolute Gasteiger partial charge is 0.312 e. The van der Waals surface area contributed by atoms with Gasteiger partial charge in [0.25, 0.3) is 0 Å². The lowest BCUT2D eigenvalue weighted by Gasteiger charge is -2.12. The topological polar surface area (TPSA) is 116 Å². The minimum Gasteiger partial charge on any atom is -0.469 e. The molecule has 0 aromatic carbocycles. The van der Waals surface area contributed by atoms with Crippen LogP contribution in [0.4, 0.5) is 5.69 Å². The molecule has 0 saturated carbocycles. The number of carbonyl (C=O) groups excluding carboxylic acids is 2. The van der Waals surface area contributed by atoms with Crippen LogP contribution in [0.25, 0.3) is 0 Å². The highest BCUT2D eigenvalue weighted by molar-refractivity contribution is 5.77. The zero-order valence-corrected chi connectivity index (χ0v) is 12.4. The number of aryl methyl sites for hydroxylation is 1. The van der Waals surface area contributed by atoms with Crippen molar-refractivity contribution in [2.45, 2.75) is 39.8 Å². The van der Waals surface area contributed by atoms with Gasteiger partial charge in [-0.25, -0.2) is 0 Å². The van der Waals surface area contributed by atoms with E-state index >= 15 is 0 Å². The van der Waals surface area contributed by atoms with Gasteiger partial charge in [-0.3, -0.25) is 24.4 Å². The maximum absolute atomic E-state index is 11.8. The van der Waals surface area contributed by atoms with Crippen LogP contribution in [-0.4, -0.2) is 39.7 Å². The molecule has 1 unspecified atom stereocenters. The lowest BCUT2D eigenvalue weighted by Crippen LogP contribution is -2.37. The maximum atomic E-state index is 11.8. The van der Waals surface area contributed by atoms with Gasteiger partial charge in [0.15, 0.2) is 0 Å². The summed E-state index contributed by atoms with van der Waals surface area (Å²) in [6.07, 6.45) is 0.0551. The standard InChI is InChI=1S/C12H18N4O5/c1-7(5-11(18)21-4)13-10(17)6-15-9(3)12(16(19)20)8(2)14-15/h7H,5-6H2,1-4H3,(H,13,17). The molecule has 0 aliphatic carbocycles. The maximum Gasteiger partial charge on any atom is 0.312 e. The molecule has 0 radical (unpaired) electrons. The minimum atomic E-state index is -0.522. The second-order valence-corrected chi connectivity index (χ2v) is 4.68. The number of rotatable bonds is 6. The number of nitrogens with one attached hydrogen (secondary N) is 1. The summed E-state index contributed by atoms with van der Waals surface area (Å²) in [5.41, 5.74) is 0.478. The first kappa shape index (κ1) is 16.6. The Morgan fingerprint density at radius 3 is 2.57 bits per heavy atom. The van der Waals surface area contributed by atoms with Gasteiger partial charge in [-0.05, 0) is 20.8 Å². The predicted molar refractivity (Wildman–Crippen MR) is 72.6 cm³/mol. The number of amides is 1. The molecular weight excluding hydrogens is 280 g/mol. The molecule has 9 heteroatoms. The summed E-state index contributed by atoms with van der Waals surface area (Å²) in [5.74, 6) is -0.809. The van der Waals surface area contributed by atoms with E-state index in [2.05, 4.69) is 15.2 Å². The summed E-state index contributed by atoms with van der Waals surface area (Å²) in [6, 6.07) is -0.392. The van der Waals surface area contributed by atoms with Gasteiger partial charge in [0.1, 0.15) is 17.9 Å². The molecule has 0 fully saturated rings. The van der Waals surface area contributed by atoms with Crippen LogP contribution in [-0.2, 0) is 20.9 Å². The number of aromatic nitrogens is 2. The molecule has 0 aliphatic heterocycles. The van der Waals surface area contributed by atoms with Gasteiger partial charge in [-0.2, -0.15) is 5.10 Å². The highest BCUT2D eigenvalue weighted by atomic mass is 16.6. The molecule has 1 atom stereocenters. The SMILES string of the molecule is COC(=O)CC(C)NC(=O)Cn1nc(C)c([N+](=O)[O-])c1C. The van der Waals surface area contributed by atoms with Crippen LogP contribution in [0.5, 0.6) is 0 Å². The van der Waals surface area contributed by atoms with Crippen LogP contribution in [0.3, 0.4) is 0 Å². The number of ether oxygens (including phenoxy) is 1. The summed E-state index contributed by atoms with van der Waals surface area (Å²) in [7, 11) is 1.27. The van der Waals surface area contributed by atoms with E-state index in [-0.39, 0.29) is 30.3 Å². The molecule has 1 aromatic heterocycles. The van der Waals surface area contributed by atoms with Gasteiger partial charge < -0.3 is 10.1 Å². The third-order valence-electron chi connectivity index (χ3n) is 2.93. The van der Waals surface area contributed by atoms with E-state index in [4.69, 9.17) is 0 Å². The van der Waals surface area contributed by atoms with E-state index in [1.54, 1.807) is 6.92 Å². The van der Waals surface area contributed by atoms with Gasteiger partial charge in [0, 0.05) is 6.04 Å². The fraction of sp³-hybridized carbons (Fsp3) is 0.583. The van der Waals surface area contributed by atoms with Gasteiger partial charge in [-0.15, -0.1) is 0 Å². The van der Waals surface area contributed by atoms with Crippen LogP contribution in [0.15, 0.2) is 0 Å². The molecular formula is C12H18N4O5. The number of carbonyl (C=O) groups is 2. The highest BCUT2D eigenvalue weighted by Crippen LogP contribution is 2.21. The number of hydrogen-bond donors (Lipinski definition) is 1. The average molecular weight is 298 g/mol. The van der Waals surface area contributed by atoms with Crippen molar-refractivity contribution in [3.8, 4) is 0 Å². The van der Waals surface area contributed by atoms with Gasteiger partial charge >= 0.3 is 11.7 Å². The Balaban J connectivity index is 2.70. The molecule has 116 valence electrons. The van der Waals surface area contributed by atoms with Crippen molar-refractivity contribution in [1.82, 2.24) is 15.1 Å². The zero-order chi connectivity index (χ0) is 16.2. The Morgan fingerprint density at radius 1 is 1.48 bits per heavy atom. The summed E-state index contributed by atoms with van der Waals surface area (Å²) in [5, 5.41) is 17.5. The first-order valence-electron chi connectivity index (χ1n) is 6.30. The predicted octanol–water partition coefficient (Wildman–Crippen LogP) is 0.476. The number of methoxy groups -OCH3 is 1. The molecule has 0 bridgehead atoms. The molecule has 1 aromatic rings. The fourth-order valence-electron chi connectivity index (χ4n) is 1.95. The number of nitrogens with zero attached hydrogens (tertiary/aromatic N) is 3. The highest BCUT2D eigenvalue weighted by Gasteiger charge is 2.23. The van der Waals surface area contributed by atoms with Crippen molar-refractivity contribution in [3.63, 3.8) is 0 Å². The number of esters is 1. The van der Waals surface area contributed by atoms with Crippen LogP contribution >= 0.6 is 0 Å². The zero-order valence-electron chi connectivity index (χ0n) is 12.4. The minimum absolute atomic E-state index is 0.0551. The lowest BCUT2D eigenvalue weighted by atomic mass is 10.2. The molecule has 1 heterocycles. The van der Waals surface area contributed by atoms with Crippen molar-refractivity contribution in [1.29, 1.82) is 0 Å². The molecule has 1 N–H and O–H groups in total. The Morgan fingerprint density at radius 2 is 2.10 bits per heavy atom. The van der Waals surface area contributed by atoms with Gasteiger partial charge in [0.2, 0.25) is 5.91 Å². The largest absolute Gasteiger partial charge is 0.469 e. The summed E-state index contributed by atoms with van der Waals surface area (Å²) in [4.78, 5) is 33.3. The van der Waals surface area contributed by atoms with Crippen molar-refractivity contribution >= 4 is 17.6 Å². The summed E-state index contributed by atoms with van der Waals surface area (Å²) in [6.45, 7) is 4.56. The first-order valence-corrected chi connectivity index (χ1v) is 6.30. The lowest BCUT2D eigenvalue weighted by molar-refractivity contribution is -0.386. The van der Waals surface area contributed by atoms with Crippen LogP contribution < -0.4 is 5.32 Å². The van der Waals surface area contributed by atoms with Crippen LogP contribution in [0.2, 0.25) is 0 Å². The van der Waals surface area contributed by atoms with E-state index in [1.165, 1.54) is 25.6 Å². The first-order chi connectivity index (χ1) is 9.76. The second-order valence-electron chi connectivity index (χ2n) is 4.68. The molecule has 9 nitrogen and oxygen atoms in total. The van der Waals surface area contributed by atoms with Crippen molar-refractivity contribution in [2.75, 3.05) is 7.11 Å². The van der Waals surface area contributed by atoms with E-state index < -0.39 is 16.9 Å².